The van der Waals surface area contributed by atoms with E-state index in [4.69, 9.17) is 14.2 Å². The zero-order valence-electron chi connectivity index (χ0n) is 24.4. The summed E-state index contributed by atoms with van der Waals surface area (Å²) in [7, 11) is 0. The van der Waals surface area contributed by atoms with E-state index in [0.717, 1.165) is 11.1 Å². The van der Waals surface area contributed by atoms with Crippen molar-refractivity contribution in [3.63, 3.8) is 0 Å². The highest BCUT2D eigenvalue weighted by Gasteiger charge is 2.76. The molecule has 5 rings (SSSR count). The molecule has 1 aliphatic heterocycles. The highest BCUT2D eigenvalue weighted by Crippen LogP contribution is 2.66. The fraction of sp³-hybridized carbons (Fsp3) is 0.656. The molecule has 0 aromatic heterocycles. The fourth-order valence-corrected chi connectivity index (χ4v) is 8.71. The van der Waals surface area contributed by atoms with Crippen LogP contribution in [-0.4, -0.2) is 52.8 Å². The Morgan fingerprint density at radius 3 is 2.28 bits per heavy atom. The van der Waals surface area contributed by atoms with Crippen molar-refractivity contribution < 1.29 is 33.7 Å². The molecule has 1 saturated heterocycles. The van der Waals surface area contributed by atoms with Crippen molar-refractivity contribution in [2.75, 3.05) is 6.61 Å². The number of hydrogen-bond donors (Lipinski definition) is 1. The van der Waals surface area contributed by atoms with Gasteiger partial charge in [-0.15, -0.1) is 0 Å². The minimum atomic E-state index is -1.54. The summed E-state index contributed by atoms with van der Waals surface area (Å²) in [5.41, 5.74) is -2.35. The number of allylic oxidation sites excluding steroid dienone is 1. The van der Waals surface area contributed by atoms with Gasteiger partial charge < -0.3 is 19.3 Å². The van der Waals surface area contributed by atoms with Crippen molar-refractivity contribution in [3.05, 3.63) is 47.0 Å². The summed E-state index contributed by atoms with van der Waals surface area (Å²) in [6.45, 7) is 15.3. The molecule has 1 heterocycles. The molecule has 2 bridgehead atoms. The van der Waals surface area contributed by atoms with Gasteiger partial charge in [0.1, 0.15) is 23.6 Å². The summed E-state index contributed by atoms with van der Waals surface area (Å²) in [5.74, 6) is -2.55. The van der Waals surface area contributed by atoms with Gasteiger partial charge in [-0.05, 0) is 43.7 Å². The van der Waals surface area contributed by atoms with E-state index in [9.17, 15) is 19.5 Å². The lowest BCUT2D eigenvalue weighted by molar-refractivity contribution is -0.339. The van der Waals surface area contributed by atoms with Crippen molar-refractivity contribution >= 4 is 17.7 Å². The average Bonchev–Trinajstić information content (AvgIpc) is 2.87. The maximum Gasteiger partial charge on any atom is 0.338 e. The number of Topliss-reactive ketones (excluding diaryl/α,β-unsaturated/α-hetero) is 1. The first-order valence-electron chi connectivity index (χ1n) is 14.2. The first-order chi connectivity index (χ1) is 18.1. The van der Waals surface area contributed by atoms with E-state index in [2.05, 4.69) is 6.92 Å². The molecule has 39 heavy (non-hydrogen) atoms. The first-order valence-corrected chi connectivity index (χ1v) is 14.2. The number of aliphatic hydroxyl groups is 1. The van der Waals surface area contributed by atoms with Gasteiger partial charge in [0.15, 0.2) is 5.60 Å². The van der Waals surface area contributed by atoms with Crippen molar-refractivity contribution in [1.82, 2.24) is 0 Å². The van der Waals surface area contributed by atoms with E-state index in [1.54, 1.807) is 24.3 Å². The van der Waals surface area contributed by atoms with E-state index >= 15 is 0 Å². The van der Waals surface area contributed by atoms with Crippen LogP contribution >= 0.6 is 0 Å². The van der Waals surface area contributed by atoms with Crippen LogP contribution in [0.25, 0.3) is 0 Å². The molecule has 0 unspecified atom stereocenters. The minimum absolute atomic E-state index is 0.0243. The van der Waals surface area contributed by atoms with Crippen LogP contribution in [-0.2, 0) is 23.8 Å². The minimum Gasteiger partial charge on any atom is -0.455 e. The molecular formula is C32H42O7. The predicted molar refractivity (Wildman–Crippen MR) is 145 cm³/mol. The van der Waals surface area contributed by atoms with Crippen molar-refractivity contribution in [2.24, 2.45) is 34.5 Å². The summed E-state index contributed by atoms with van der Waals surface area (Å²) >= 11 is 0. The highest BCUT2D eigenvalue weighted by molar-refractivity contribution is 5.92. The summed E-state index contributed by atoms with van der Waals surface area (Å²) in [6.07, 6.45) is -0.736. The molecular weight excluding hydrogens is 496 g/mol. The molecule has 3 fully saturated rings. The van der Waals surface area contributed by atoms with Crippen LogP contribution in [0.4, 0.5) is 0 Å². The van der Waals surface area contributed by atoms with Gasteiger partial charge in [-0.1, -0.05) is 70.9 Å². The van der Waals surface area contributed by atoms with Gasteiger partial charge in [-0.3, -0.25) is 9.59 Å². The van der Waals surface area contributed by atoms with Gasteiger partial charge in [0.05, 0.1) is 18.1 Å². The molecule has 0 spiro atoms. The third-order valence-corrected chi connectivity index (χ3v) is 11.1. The van der Waals surface area contributed by atoms with Gasteiger partial charge in [0.2, 0.25) is 0 Å². The Morgan fingerprint density at radius 2 is 1.72 bits per heavy atom. The lowest BCUT2D eigenvalue weighted by atomic mass is 9.42. The van der Waals surface area contributed by atoms with Crippen molar-refractivity contribution in [1.29, 1.82) is 0 Å². The van der Waals surface area contributed by atoms with Crippen LogP contribution in [0.5, 0.6) is 0 Å². The lowest BCUT2D eigenvalue weighted by Gasteiger charge is -2.68. The quantitative estimate of drug-likeness (QED) is 0.431. The lowest BCUT2D eigenvalue weighted by Crippen LogP contribution is -2.80. The maximum atomic E-state index is 14.8. The van der Waals surface area contributed by atoms with Crippen LogP contribution in [0.2, 0.25) is 0 Å². The SMILES string of the molecule is CC(=O)O[C@@]12CO[C@@H]1C[C@H](C)[C@@]1(C)C(=O)[C@H](C)C3=C(C)[C@@H](C)C[C@@](O)([C@@H](OC(=O)c4ccccc4)[C@H]21)C3(C)C. The Balaban J connectivity index is 1.81. The number of rotatable bonds is 3. The van der Waals surface area contributed by atoms with E-state index < -0.39 is 58.0 Å². The van der Waals surface area contributed by atoms with Crippen molar-refractivity contribution in [3.8, 4) is 0 Å². The van der Waals surface area contributed by atoms with E-state index in [-0.39, 0.29) is 24.2 Å². The largest absolute Gasteiger partial charge is 0.455 e. The Bertz CT molecular complexity index is 1230. The molecule has 0 amide bonds. The third kappa shape index (κ3) is 3.65. The molecule has 7 nitrogen and oxygen atoms in total. The molecule has 3 aliphatic carbocycles. The number of esters is 2. The zero-order chi connectivity index (χ0) is 28.7. The number of ether oxygens (including phenoxy) is 3. The Labute approximate surface area is 231 Å². The van der Waals surface area contributed by atoms with Crippen LogP contribution in [0.3, 0.4) is 0 Å². The predicted octanol–water partition coefficient (Wildman–Crippen LogP) is 4.91. The van der Waals surface area contributed by atoms with E-state index in [0.29, 0.717) is 18.4 Å². The zero-order valence-corrected chi connectivity index (χ0v) is 24.4. The van der Waals surface area contributed by atoms with Gasteiger partial charge in [0, 0.05) is 23.7 Å². The first kappa shape index (κ1) is 28.0. The number of ketones is 1. The molecule has 212 valence electrons. The van der Waals surface area contributed by atoms with Crippen molar-refractivity contribution in [2.45, 2.75) is 91.6 Å². The van der Waals surface area contributed by atoms with Gasteiger partial charge in [-0.25, -0.2) is 4.79 Å². The van der Waals surface area contributed by atoms with Crippen LogP contribution in [0, 0.1) is 34.5 Å². The molecule has 1 N–H and O–H groups in total. The third-order valence-electron chi connectivity index (χ3n) is 11.1. The average molecular weight is 539 g/mol. The topological polar surface area (TPSA) is 99.1 Å². The van der Waals surface area contributed by atoms with E-state index in [1.165, 1.54) is 6.92 Å². The smallest absolute Gasteiger partial charge is 0.338 e. The monoisotopic (exact) mass is 538 g/mol. The second-order valence-corrected chi connectivity index (χ2v) is 13.3. The molecule has 2 saturated carbocycles. The second-order valence-electron chi connectivity index (χ2n) is 13.3. The summed E-state index contributed by atoms with van der Waals surface area (Å²) in [5, 5.41) is 13.0. The van der Waals surface area contributed by atoms with E-state index in [1.807, 2.05) is 47.6 Å². The summed E-state index contributed by atoms with van der Waals surface area (Å²) < 4.78 is 18.5. The number of benzene rings is 1. The maximum absolute atomic E-state index is 14.8. The van der Waals surface area contributed by atoms with Crippen LogP contribution < -0.4 is 0 Å². The number of carbonyl (C=O) groups excluding carboxylic acids is 3. The summed E-state index contributed by atoms with van der Waals surface area (Å²) in [4.78, 5) is 41.1. The van der Waals surface area contributed by atoms with Gasteiger partial charge >= 0.3 is 11.9 Å². The van der Waals surface area contributed by atoms with Crippen LogP contribution in [0.1, 0.15) is 78.6 Å². The molecule has 0 radical (unpaired) electrons. The van der Waals surface area contributed by atoms with Crippen LogP contribution in [0.15, 0.2) is 41.5 Å². The molecule has 4 aliphatic rings. The fourth-order valence-electron chi connectivity index (χ4n) is 8.71. The molecule has 1 aromatic carbocycles. The molecule has 1 aromatic rings. The standard InChI is InChI=1S/C32H42O7/c1-17-15-32(36)27(38-28(35)22-12-10-9-11-13-22)25-30(8,26(34)20(4)24(19(17)3)29(32,6)7)18(2)14-23-31(25,16-37-23)39-21(5)33/h9-13,17-18,20,23,25,27,36H,14-16H2,1-8H3/t17-,18-,20+,23+,25-,27-,30+,31-,32+/m0/s1. The highest BCUT2D eigenvalue weighted by atomic mass is 16.6. The summed E-state index contributed by atoms with van der Waals surface area (Å²) in [6, 6.07) is 8.68. The normalized spacial score (nSPS) is 42.7. The number of hydrogen-bond acceptors (Lipinski definition) is 7. The van der Waals surface area contributed by atoms with Gasteiger partial charge in [0.25, 0.3) is 0 Å². The Morgan fingerprint density at radius 1 is 1.08 bits per heavy atom. The molecule has 7 heteroatoms. The number of fused-ring (bicyclic) bond motifs is 5. The Hall–Kier alpha value is -2.51. The second kappa shape index (κ2) is 9.00. The Kier molecular flexibility index (Phi) is 6.47. The molecule has 9 atom stereocenters. The number of carbonyl (C=O) groups is 3. The van der Waals surface area contributed by atoms with Gasteiger partial charge in [-0.2, -0.15) is 0 Å².